The van der Waals surface area contributed by atoms with Gasteiger partial charge in [0.05, 0.1) is 23.8 Å². The van der Waals surface area contributed by atoms with Crippen molar-refractivity contribution in [3.05, 3.63) is 63.3 Å². The molecule has 0 aliphatic carbocycles. The third kappa shape index (κ3) is 5.77. The third-order valence-corrected chi connectivity index (χ3v) is 4.55. The Morgan fingerprint density at radius 3 is 2.58 bits per heavy atom. The van der Waals surface area contributed by atoms with Gasteiger partial charge < -0.3 is 18.9 Å². The average molecular weight is 464 g/mol. The lowest BCUT2D eigenvalue weighted by Crippen LogP contribution is -2.15. The molecule has 1 aliphatic heterocycles. The second-order valence-corrected chi connectivity index (χ2v) is 7.04. The molecule has 7 nitrogen and oxygen atoms in total. The van der Waals surface area contributed by atoms with E-state index in [1.54, 1.807) is 49.4 Å². The van der Waals surface area contributed by atoms with Gasteiger partial charge in [-0.15, -0.1) is 0 Å². The molecule has 0 radical (unpaired) electrons. The summed E-state index contributed by atoms with van der Waals surface area (Å²) >= 11 is 12.1. The molecule has 0 N–H and O–H groups in total. The van der Waals surface area contributed by atoms with Gasteiger partial charge in [0.15, 0.2) is 23.8 Å². The van der Waals surface area contributed by atoms with E-state index in [0.717, 1.165) is 0 Å². The van der Waals surface area contributed by atoms with Gasteiger partial charge in [-0.3, -0.25) is 0 Å². The van der Waals surface area contributed by atoms with Crippen molar-refractivity contribution in [2.24, 2.45) is 4.99 Å². The zero-order valence-electron chi connectivity index (χ0n) is 16.8. The van der Waals surface area contributed by atoms with Crippen LogP contribution in [-0.4, -0.2) is 37.7 Å². The molecule has 2 aromatic carbocycles. The molecule has 9 heteroatoms. The highest BCUT2D eigenvalue weighted by Gasteiger charge is 2.26. The molecule has 0 saturated carbocycles. The molecule has 162 valence electrons. The molecule has 0 spiro atoms. The van der Waals surface area contributed by atoms with Crippen LogP contribution in [0.4, 0.5) is 0 Å². The van der Waals surface area contributed by atoms with E-state index in [1.165, 1.54) is 0 Å². The van der Waals surface area contributed by atoms with Crippen LogP contribution >= 0.6 is 23.2 Å². The molecule has 31 heavy (non-hydrogen) atoms. The maximum Gasteiger partial charge on any atom is 0.363 e. The lowest BCUT2D eigenvalue weighted by Gasteiger charge is -2.12. The Morgan fingerprint density at radius 1 is 1.06 bits per heavy atom. The number of carbonyl (C=O) groups is 2. The van der Waals surface area contributed by atoms with E-state index in [2.05, 4.69) is 4.99 Å². The van der Waals surface area contributed by atoms with Gasteiger partial charge in [0, 0.05) is 5.02 Å². The zero-order chi connectivity index (χ0) is 22.4. The van der Waals surface area contributed by atoms with Gasteiger partial charge in [0.2, 0.25) is 5.90 Å². The van der Waals surface area contributed by atoms with Gasteiger partial charge in [-0.1, -0.05) is 29.3 Å². The number of nitrogens with zero attached hydrogens (tertiary/aromatic N) is 1. The van der Waals surface area contributed by atoms with Crippen molar-refractivity contribution in [3.8, 4) is 11.5 Å². The minimum Gasteiger partial charge on any atom is -0.490 e. The summed E-state index contributed by atoms with van der Waals surface area (Å²) in [7, 11) is 0. The van der Waals surface area contributed by atoms with Crippen LogP contribution in [0.3, 0.4) is 0 Å². The molecular formula is C22H19Cl2NO6. The monoisotopic (exact) mass is 463 g/mol. The number of esters is 2. The van der Waals surface area contributed by atoms with Crippen LogP contribution < -0.4 is 9.47 Å². The largest absolute Gasteiger partial charge is 0.490 e. The fraction of sp³-hybridized carbons (Fsp3) is 0.227. The Labute approximate surface area is 189 Å². The maximum atomic E-state index is 12.3. The molecule has 0 bridgehead atoms. The molecule has 3 rings (SSSR count). The predicted octanol–water partition coefficient (Wildman–Crippen LogP) is 4.68. The highest BCUT2D eigenvalue weighted by atomic mass is 35.5. The molecule has 0 atom stereocenters. The number of hydrogen-bond acceptors (Lipinski definition) is 7. The number of aliphatic imine (C=N–C) groups is 1. The fourth-order valence-electron chi connectivity index (χ4n) is 2.69. The molecule has 1 aliphatic rings. The normalized spacial score (nSPS) is 14.3. The second-order valence-electron chi connectivity index (χ2n) is 6.19. The number of hydrogen-bond donors (Lipinski definition) is 0. The first kappa shape index (κ1) is 22.7. The first-order valence-corrected chi connectivity index (χ1v) is 10.2. The minimum atomic E-state index is -0.610. The summed E-state index contributed by atoms with van der Waals surface area (Å²) in [4.78, 5) is 28.1. The predicted molar refractivity (Wildman–Crippen MR) is 117 cm³/mol. The lowest BCUT2D eigenvalue weighted by atomic mass is 10.1. The van der Waals surface area contributed by atoms with Crippen molar-refractivity contribution in [3.63, 3.8) is 0 Å². The van der Waals surface area contributed by atoms with Crippen LogP contribution in [0.25, 0.3) is 6.08 Å². The van der Waals surface area contributed by atoms with Crippen molar-refractivity contribution in [1.82, 2.24) is 0 Å². The van der Waals surface area contributed by atoms with E-state index in [9.17, 15) is 9.59 Å². The van der Waals surface area contributed by atoms with Crippen molar-refractivity contribution in [2.75, 3.05) is 19.8 Å². The summed E-state index contributed by atoms with van der Waals surface area (Å²) in [6.45, 7) is 3.95. The Kier molecular flexibility index (Phi) is 7.55. The molecule has 1 heterocycles. The number of ether oxygens (including phenoxy) is 4. The van der Waals surface area contributed by atoms with Crippen LogP contribution in [0.2, 0.25) is 10.0 Å². The third-order valence-electron chi connectivity index (χ3n) is 4.00. The summed E-state index contributed by atoms with van der Waals surface area (Å²) in [6.07, 6.45) is 1.55. The standard InChI is InChI=1S/C22H19Cl2NO6/c1-3-28-19-10-13(5-8-18(19)30-12-20(26)29-4-2)9-17-22(27)31-21(25-17)15-7-6-14(23)11-16(15)24/h5-11H,3-4,12H2,1-2H3/b17-9-. The highest BCUT2D eigenvalue weighted by molar-refractivity contribution is 6.37. The van der Waals surface area contributed by atoms with Crippen LogP contribution in [0.5, 0.6) is 11.5 Å². The second kappa shape index (κ2) is 10.3. The van der Waals surface area contributed by atoms with Gasteiger partial charge in [0.25, 0.3) is 0 Å². The molecule has 0 amide bonds. The molecule has 0 aromatic heterocycles. The van der Waals surface area contributed by atoms with Crippen molar-refractivity contribution < 1.29 is 28.5 Å². The zero-order valence-corrected chi connectivity index (χ0v) is 18.3. The van der Waals surface area contributed by atoms with Gasteiger partial charge in [-0.05, 0) is 55.8 Å². The first-order valence-electron chi connectivity index (χ1n) is 9.44. The Morgan fingerprint density at radius 2 is 1.87 bits per heavy atom. The Hall–Kier alpha value is -3.03. The highest BCUT2D eigenvalue weighted by Crippen LogP contribution is 2.31. The van der Waals surface area contributed by atoms with Gasteiger partial charge in [-0.25, -0.2) is 14.6 Å². The average Bonchev–Trinajstić information content (AvgIpc) is 3.08. The van der Waals surface area contributed by atoms with E-state index in [-0.39, 0.29) is 24.8 Å². The van der Waals surface area contributed by atoms with E-state index < -0.39 is 11.9 Å². The topological polar surface area (TPSA) is 83.4 Å². The first-order chi connectivity index (χ1) is 14.9. The minimum absolute atomic E-state index is 0.0948. The molecule has 2 aromatic rings. The summed E-state index contributed by atoms with van der Waals surface area (Å²) in [5.74, 6) is -0.202. The van der Waals surface area contributed by atoms with Crippen molar-refractivity contribution in [2.45, 2.75) is 13.8 Å². The number of carbonyl (C=O) groups excluding carboxylic acids is 2. The molecule has 0 fully saturated rings. The van der Waals surface area contributed by atoms with Gasteiger partial charge in [0.1, 0.15) is 0 Å². The summed E-state index contributed by atoms with van der Waals surface area (Å²) < 4.78 is 21.2. The quantitative estimate of drug-likeness (QED) is 0.417. The van der Waals surface area contributed by atoms with Crippen LogP contribution in [0.1, 0.15) is 25.0 Å². The number of rotatable bonds is 8. The Bertz CT molecular complexity index is 1060. The van der Waals surface area contributed by atoms with E-state index in [0.29, 0.717) is 39.3 Å². The molecular weight excluding hydrogens is 445 g/mol. The summed E-state index contributed by atoms with van der Waals surface area (Å²) in [6, 6.07) is 9.81. The van der Waals surface area contributed by atoms with E-state index in [4.69, 9.17) is 42.1 Å². The van der Waals surface area contributed by atoms with Gasteiger partial charge >= 0.3 is 11.9 Å². The van der Waals surface area contributed by atoms with Crippen LogP contribution in [-0.2, 0) is 19.1 Å². The van der Waals surface area contributed by atoms with Crippen molar-refractivity contribution >= 4 is 47.1 Å². The van der Waals surface area contributed by atoms with E-state index in [1.807, 2.05) is 6.92 Å². The van der Waals surface area contributed by atoms with Gasteiger partial charge in [-0.2, -0.15) is 0 Å². The van der Waals surface area contributed by atoms with Crippen molar-refractivity contribution in [1.29, 1.82) is 0 Å². The summed E-state index contributed by atoms with van der Waals surface area (Å²) in [5.41, 5.74) is 1.19. The van der Waals surface area contributed by atoms with Crippen LogP contribution in [0, 0.1) is 0 Å². The number of halogens is 2. The van der Waals surface area contributed by atoms with E-state index >= 15 is 0 Å². The number of benzene rings is 2. The summed E-state index contributed by atoms with van der Waals surface area (Å²) in [5, 5.41) is 0.783. The molecule has 0 saturated heterocycles. The Balaban J connectivity index is 1.84. The maximum absolute atomic E-state index is 12.3. The van der Waals surface area contributed by atoms with Crippen LogP contribution in [0.15, 0.2) is 47.1 Å². The lowest BCUT2D eigenvalue weighted by molar-refractivity contribution is -0.145. The fourth-order valence-corrected chi connectivity index (χ4v) is 3.18. The number of cyclic esters (lactones) is 1. The molecule has 0 unspecified atom stereocenters. The smallest absolute Gasteiger partial charge is 0.363 e. The SMILES string of the molecule is CCOC(=O)COc1ccc(/C=C2\N=C(c3ccc(Cl)cc3Cl)OC2=O)cc1OCC.